The standard InChI is InChI=1S/C39H34N2Si/c1-28-24-29(2)26-35(25-28)42(32-14-8-5-9-15-32,33-20-18-30(40-3)19-21-33)34-22-23-39-37(27-34)36-16-10-11-17-38(36)41(39)31-12-6-4-7-13-31/h4-27,40H,1-3H3. The molecule has 42 heavy (non-hydrogen) atoms. The van der Waals surface area contributed by atoms with Crippen LogP contribution in [0.5, 0.6) is 0 Å². The molecule has 1 aromatic heterocycles. The molecule has 0 saturated heterocycles. The lowest BCUT2D eigenvalue weighted by Crippen LogP contribution is -2.74. The first-order valence-corrected chi connectivity index (χ1v) is 16.6. The highest BCUT2D eigenvalue weighted by molar-refractivity contribution is 7.20. The first kappa shape index (κ1) is 26.1. The molecule has 1 unspecified atom stereocenters. The van der Waals surface area contributed by atoms with Crippen molar-refractivity contribution in [2.45, 2.75) is 13.8 Å². The lowest BCUT2D eigenvalue weighted by molar-refractivity contribution is 1.18. The smallest absolute Gasteiger partial charge is 0.179 e. The third-order valence-electron chi connectivity index (χ3n) is 8.59. The molecule has 0 fully saturated rings. The summed E-state index contributed by atoms with van der Waals surface area (Å²) in [6.07, 6.45) is 0. The van der Waals surface area contributed by atoms with Gasteiger partial charge in [0.1, 0.15) is 0 Å². The minimum Gasteiger partial charge on any atom is -0.388 e. The van der Waals surface area contributed by atoms with Crippen LogP contribution in [0.1, 0.15) is 11.1 Å². The minimum atomic E-state index is -2.71. The highest BCUT2D eigenvalue weighted by Gasteiger charge is 2.42. The molecule has 0 saturated carbocycles. The monoisotopic (exact) mass is 558 g/mol. The van der Waals surface area contributed by atoms with Gasteiger partial charge in [-0.3, -0.25) is 0 Å². The number of nitrogens with one attached hydrogen (secondary N) is 1. The third kappa shape index (κ3) is 4.17. The number of aryl methyl sites for hydroxylation is 2. The van der Waals surface area contributed by atoms with Crippen molar-refractivity contribution in [3.63, 3.8) is 0 Å². The van der Waals surface area contributed by atoms with E-state index in [4.69, 9.17) is 0 Å². The Labute approximate surface area is 248 Å². The summed E-state index contributed by atoms with van der Waals surface area (Å²) in [5.74, 6) is 0. The normalized spacial score (nSPS) is 12.8. The summed E-state index contributed by atoms with van der Waals surface area (Å²) in [6.45, 7) is 4.45. The lowest BCUT2D eigenvalue weighted by Gasteiger charge is -2.35. The van der Waals surface area contributed by atoms with Crippen LogP contribution in [0.15, 0.2) is 146 Å². The zero-order chi connectivity index (χ0) is 28.7. The number of rotatable bonds is 6. The predicted octanol–water partition coefficient (Wildman–Crippen LogP) is 6.82. The minimum absolute atomic E-state index is 1.12. The van der Waals surface area contributed by atoms with Gasteiger partial charge < -0.3 is 9.88 Å². The molecule has 7 rings (SSSR count). The highest BCUT2D eigenvalue weighted by Crippen LogP contribution is 2.32. The Bertz CT molecular complexity index is 2010. The lowest BCUT2D eigenvalue weighted by atomic mass is 10.1. The van der Waals surface area contributed by atoms with Crippen molar-refractivity contribution < 1.29 is 0 Å². The van der Waals surface area contributed by atoms with E-state index >= 15 is 0 Å². The molecule has 204 valence electrons. The van der Waals surface area contributed by atoms with Gasteiger partial charge in [-0.1, -0.05) is 120 Å². The Hall–Kier alpha value is -4.86. The summed E-state index contributed by atoms with van der Waals surface area (Å²) >= 11 is 0. The van der Waals surface area contributed by atoms with E-state index in [1.54, 1.807) is 0 Å². The second kappa shape index (κ2) is 10.5. The summed E-state index contributed by atoms with van der Waals surface area (Å²) in [4.78, 5) is 0. The van der Waals surface area contributed by atoms with E-state index in [1.165, 1.54) is 59.4 Å². The Morgan fingerprint density at radius 2 is 1.05 bits per heavy atom. The molecule has 3 heteroatoms. The van der Waals surface area contributed by atoms with Crippen molar-refractivity contribution in [3.05, 3.63) is 157 Å². The molecule has 1 heterocycles. The largest absolute Gasteiger partial charge is 0.388 e. The Balaban J connectivity index is 1.61. The molecule has 1 atom stereocenters. The number of anilines is 1. The maximum Gasteiger partial charge on any atom is 0.179 e. The van der Waals surface area contributed by atoms with Crippen LogP contribution in [0.2, 0.25) is 0 Å². The fraction of sp³-hybridized carbons (Fsp3) is 0.0769. The molecule has 0 bridgehead atoms. The molecule has 0 amide bonds. The van der Waals surface area contributed by atoms with Crippen LogP contribution in [0.25, 0.3) is 27.5 Å². The number of aromatic nitrogens is 1. The highest BCUT2D eigenvalue weighted by atomic mass is 28.3. The van der Waals surface area contributed by atoms with Gasteiger partial charge in [0.15, 0.2) is 8.07 Å². The van der Waals surface area contributed by atoms with Gasteiger partial charge in [-0.25, -0.2) is 0 Å². The van der Waals surface area contributed by atoms with Gasteiger partial charge in [0.25, 0.3) is 0 Å². The first-order chi connectivity index (χ1) is 20.6. The van der Waals surface area contributed by atoms with E-state index < -0.39 is 8.07 Å². The number of nitrogens with zero attached hydrogens (tertiary/aromatic N) is 1. The third-order valence-corrected chi connectivity index (χ3v) is 13.3. The Kier molecular flexibility index (Phi) is 6.53. The van der Waals surface area contributed by atoms with E-state index in [0.717, 1.165) is 5.69 Å². The van der Waals surface area contributed by atoms with Gasteiger partial charge in [-0.15, -0.1) is 0 Å². The van der Waals surface area contributed by atoms with Crippen LogP contribution < -0.4 is 26.1 Å². The van der Waals surface area contributed by atoms with Crippen molar-refractivity contribution >= 4 is 56.3 Å². The molecular weight excluding hydrogens is 525 g/mol. The molecule has 0 aliphatic rings. The van der Waals surface area contributed by atoms with Gasteiger partial charge in [0.05, 0.1) is 11.0 Å². The van der Waals surface area contributed by atoms with Crippen LogP contribution in [-0.2, 0) is 0 Å². The average molecular weight is 559 g/mol. The molecule has 0 aliphatic carbocycles. The van der Waals surface area contributed by atoms with Crippen molar-refractivity contribution in [1.82, 2.24) is 4.57 Å². The summed E-state index contributed by atoms with van der Waals surface area (Å²) in [5.41, 5.74) is 7.36. The Morgan fingerprint density at radius 1 is 0.476 bits per heavy atom. The van der Waals surface area contributed by atoms with Crippen LogP contribution >= 0.6 is 0 Å². The molecule has 7 aromatic rings. The van der Waals surface area contributed by atoms with Gasteiger partial charge in [-0.05, 0) is 71.0 Å². The van der Waals surface area contributed by atoms with Crippen molar-refractivity contribution in [1.29, 1.82) is 0 Å². The van der Waals surface area contributed by atoms with Crippen LogP contribution in [0, 0.1) is 13.8 Å². The van der Waals surface area contributed by atoms with Crippen molar-refractivity contribution in [2.75, 3.05) is 12.4 Å². The average Bonchev–Trinajstić information content (AvgIpc) is 3.36. The van der Waals surface area contributed by atoms with E-state index in [2.05, 4.69) is 169 Å². The van der Waals surface area contributed by atoms with E-state index in [1.807, 2.05) is 7.05 Å². The van der Waals surface area contributed by atoms with Crippen LogP contribution in [-0.4, -0.2) is 19.7 Å². The van der Waals surface area contributed by atoms with Gasteiger partial charge in [0.2, 0.25) is 0 Å². The van der Waals surface area contributed by atoms with E-state index in [9.17, 15) is 0 Å². The Morgan fingerprint density at radius 3 is 1.74 bits per heavy atom. The fourth-order valence-electron chi connectivity index (χ4n) is 6.83. The van der Waals surface area contributed by atoms with Gasteiger partial charge in [-0.2, -0.15) is 0 Å². The van der Waals surface area contributed by atoms with Crippen LogP contribution in [0.3, 0.4) is 0 Å². The van der Waals surface area contributed by atoms with Gasteiger partial charge in [0, 0.05) is 29.2 Å². The predicted molar refractivity (Wildman–Crippen MR) is 183 cm³/mol. The van der Waals surface area contributed by atoms with Crippen LogP contribution in [0.4, 0.5) is 5.69 Å². The quantitative estimate of drug-likeness (QED) is 0.175. The topological polar surface area (TPSA) is 17.0 Å². The summed E-state index contributed by atoms with van der Waals surface area (Å²) in [6, 6.07) is 54.3. The molecule has 1 N–H and O–H groups in total. The molecule has 2 nitrogen and oxygen atoms in total. The van der Waals surface area contributed by atoms with Crippen molar-refractivity contribution in [3.8, 4) is 5.69 Å². The van der Waals surface area contributed by atoms with Crippen molar-refractivity contribution in [2.24, 2.45) is 0 Å². The summed E-state index contributed by atoms with van der Waals surface area (Å²) < 4.78 is 2.40. The zero-order valence-electron chi connectivity index (χ0n) is 24.3. The maximum atomic E-state index is 3.32. The number of hydrogen-bond donors (Lipinski definition) is 1. The summed E-state index contributed by atoms with van der Waals surface area (Å²) in [7, 11) is -0.727. The SMILES string of the molecule is CNc1ccc([Si](c2ccccc2)(c2cc(C)cc(C)c2)c2ccc3c(c2)c2ccccc2n3-c2ccccc2)cc1. The first-order valence-electron chi connectivity index (χ1n) is 14.6. The fourth-order valence-corrected chi connectivity index (χ4v) is 11.8. The van der Waals surface area contributed by atoms with Gasteiger partial charge >= 0.3 is 0 Å². The maximum absolute atomic E-state index is 3.32. The molecule has 0 aliphatic heterocycles. The molecule has 0 spiro atoms. The summed E-state index contributed by atoms with van der Waals surface area (Å²) in [5, 5.41) is 11.5. The number of fused-ring (bicyclic) bond motifs is 3. The molecular formula is C39H34N2Si. The molecule has 0 radical (unpaired) electrons. The zero-order valence-corrected chi connectivity index (χ0v) is 25.3. The second-order valence-electron chi connectivity index (χ2n) is 11.2. The van der Waals surface area contributed by atoms with E-state index in [0.29, 0.717) is 0 Å². The number of para-hydroxylation sites is 2. The molecule has 6 aromatic carbocycles. The second-order valence-corrected chi connectivity index (χ2v) is 15.0. The number of hydrogen-bond acceptors (Lipinski definition) is 1. The number of benzene rings is 6. The van der Waals surface area contributed by atoms with E-state index in [-0.39, 0.29) is 0 Å².